The van der Waals surface area contributed by atoms with Gasteiger partial charge in [0, 0.05) is 40.4 Å². The van der Waals surface area contributed by atoms with Gasteiger partial charge in [-0.1, -0.05) is 24.8 Å². The molecule has 0 radical (unpaired) electrons. The number of alkyl halides is 1. The second kappa shape index (κ2) is 16.4. The number of allylic oxidation sites excluding steroid dienone is 2. The van der Waals surface area contributed by atoms with Gasteiger partial charge in [0.1, 0.15) is 23.5 Å². The Labute approximate surface area is 311 Å². The Balaban J connectivity index is 1.79. The maximum absolute atomic E-state index is 14.4. The number of carbonyl (C=O) groups is 4. The van der Waals surface area contributed by atoms with Gasteiger partial charge in [-0.25, -0.2) is 4.79 Å². The zero-order chi connectivity index (χ0) is 39.4. The van der Waals surface area contributed by atoms with Crippen LogP contribution >= 0.6 is 11.6 Å². The van der Waals surface area contributed by atoms with Gasteiger partial charge in [-0.3, -0.25) is 24.4 Å². The van der Waals surface area contributed by atoms with E-state index in [1.54, 1.807) is 18.3 Å². The number of aliphatic carboxylic acids is 1. The number of pyridine rings is 1. The number of aliphatic hydroxyl groups excluding tert-OH is 1. The standard InChI is InChI=1S/C37H44ClN7O8/c1-18(2)23-16-41-24-10-8-7-9-21(24)27(23)22-15-20(11-12-26(22)53-6)32(47)44-30(28(38)25(46)17-42-36(39)40)34(49)45-14-13-37(5,52)31(45)33(48)43-29(19(3)4)35(50)51/h7-12,15-16,25,28,30-31,46,52H,1,13-14,17H2,2-6H3,(H,43,48)(H,44,47)(H,50,51)(H4,39,40,42). The zero-order valence-corrected chi connectivity index (χ0v) is 30.8. The highest BCUT2D eigenvalue weighted by molar-refractivity contribution is 6.23. The van der Waals surface area contributed by atoms with Crippen LogP contribution in [0.4, 0.5) is 0 Å². The highest BCUT2D eigenvalue weighted by Crippen LogP contribution is 2.40. The molecule has 1 saturated heterocycles. The minimum Gasteiger partial charge on any atom is -0.496 e. The van der Waals surface area contributed by atoms with Crippen molar-refractivity contribution in [3.8, 4) is 16.9 Å². The van der Waals surface area contributed by atoms with Crippen LogP contribution in [-0.4, -0.2) is 104 Å². The van der Waals surface area contributed by atoms with Crippen LogP contribution in [0.1, 0.15) is 50.0 Å². The molecule has 1 fully saturated rings. The number of nitrogens with two attached hydrogens (primary N) is 2. The molecular formula is C37H44ClN7O8. The van der Waals surface area contributed by atoms with Gasteiger partial charge < -0.3 is 47.1 Å². The molecule has 0 saturated carbocycles. The Morgan fingerprint density at radius 2 is 1.85 bits per heavy atom. The van der Waals surface area contributed by atoms with Crippen molar-refractivity contribution in [2.45, 2.75) is 63.3 Å². The molecule has 3 amide bonds. The number of halogens is 1. The van der Waals surface area contributed by atoms with Crippen LogP contribution in [-0.2, 0) is 14.4 Å². The smallest absolute Gasteiger partial charge is 0.352 e. The number of para-hydroxylation sites is 1. The fraction of sp³-hybridized carbons (Fsp3) is 0.351. The molecule has 53 heavy (non-hydrogen) atoms. The molecule has 3 aromatic rings. The number of methoxy groups -OCH3 is 1. The lowest BCUT2D eigenvalue weighted by molar-refractivity contribution is -0.145. The molecule has 5 atom stereocenters. The van der Waals surface area contributed by atoms with E-state index in [0.717, 1.165) is 10.3 Å². The number of guanidine groups is 1. The molecule has 282 valence electrons. The second-order valence-electron chi connectivity index (χ2n) is 13.2. The first-order valence-corrected chi connectivity index (χ1v) is 17.0. The van der Waals surface area contributed by atoms with Gasteiger partial charge in [0.2, 0.25) is 11.8 Å². The number of rotatable bonds is 13. The molecule has 15 nitrogen and oxygen atoms in total. The summed E-state index contributed by atoms with van der Waals surface area (Å²) in [6.45, 7) is 9.60. The number of fused-ring (bicyclic) bond motifs is 1. The molecule has 0 bridgehead atoms. The van der Waals surface area contributed by atoms with Gasteiger partial charge in [-0.2, -0.15) is 0 Å². The lowest BCUT2D eigenvalue weighted by Gasteiger charge is -2.34. The van der Waals surface area contributed by atoms with Crippen molar-refractivity contribution in [2.24, 2.45) is 16.5 Å². The number of nitrogens with one attached hydrogen (secondary N) is 2. The fourth-order valence-corrected chi connectivity index (χ4v) is 6.45. The molecule has 0 aliphatic carbocycles. The van der Waals surface area contributed by atoms with Crippen molar-refractivity contribution in [1.29, 1.82) is 0 Å². The quantitative estimate of drug-likeness (QED) is 0.0578. The number of hydrogen-bond donors (Lipinski definition) is 7. The first-order chi connectivity index (χ1) is 24.9. The highest BCUT2D eigenvalue weighted by atomic mass is 35.5. The van der Waals surface area contributed by atoms with Crippen molar-refractivity contribution >= 4 is 57.7 Å². The number of ether oxygens (including phenoxy) is 1. The van der Waals surface area contributed by atoms with Crippen LogP contribution in [0.15, 0.2) is 71.5 Å². The predicted molar refractivity (Wildman–Crippen MR) is 201 cm³/mol. The molecule has 2 heterocycles. The van der Waals surface area contributed by atoms with E-state index in [9.17, 15) is 34.5 Å². The van der Waals surface area contributed by atoms with E-state index < -0.39 is 65.1 Å². The van der Waals surface area contributed by atoms with Crippen LogP contribution in [0.5, 0.6) is 5.75 Å². The van der Waals surface area contributed by atoms with Gasteiger partial charge in [0.05, 0.1) is 36.3 Å². The monoisotopic (exact) mass is 749 g/mol. The number of likely N-dealkylation sites (tertiary alicyclic amines) is 1. The first-order valence-electron chi connectivity index (χ1n) is 16.5. The number of carboxylic acids is 1. The number of aliphatic hydroxyl groups is 2. The summed E-state index contributed by atoms with van der Waals surface area (Å²) < 4.78 is 5.70. The van der Waals surface area contributed by atoms with Crippen molar-refractivity contribution < 1.29 is 39.2 Å². The normalized spacial score (nSPS) is 18.3. The minimum atomic E-state index is -1.81. The minimum absolute atomic E-state index is 0.0760. The van der Waals surface area contributed by atoms with Gasteiger partial charge in [0.15, 0.2) is 5.96 Å². The number of nitrogens with zero attached hydrogens (tertiary/aromatic N) is 3. The SMILES string of the molecule is C=C(C)c1cnc2ccccc2c1-c1cc(C(=O)NC(C(=O)N2CCC(C)(O)C2C(=O)NC(C(=O)O)=C(C)C)C(Cl)C(O)CN=C(N)N)ccc1OC. The maximum Gasteiger partial charge on any atom is 0.352 e. The summed E-state index contributed by atoms with van der Waals surface area (Å²) in [6, 6.07) is 8.77. The Kier molecular flexibility index (Phi) is 12.5. The summed E-state index contributed by atoms with van der Waals surface area (Å²) in [7, 11) is 1.49. The Hall–Kier alpha value is -5.51. The van der Waals surface area contributed by atoms with Gasteiger partial charge in [0.25, 0.3) is 5.91 Å². The van der Waals surface area contributed by atoms with Crippen LogP contribution < -0.4 is 26.8 Å². The summed E-state index contributed by atoms with van der Waals surface area (Å²) in [4.78, 5) is 63.2. The van der Waals surface area contributed by atoms with Gasteiger partial charge >= 0.3 is 5.97 Å². The van der Waals surface area contributed by atoms with Gasteiger partial charge in [-0.05, 0) is 69.5 Å². The molecule has 2 aromatic carbocycles. The number of aliphatic imine (C=N–C) groups is 1. The molecular weight excluding hydrogens is 706 g/mol. The zero-order valence-electron chi connectivity index (χ0n) is 30.0. The topological polar surface area (TPSA) is 243 Å². The van der Waals surface area contributed by atoms with Crippen LogP contribution in [0.3, 0.4) is 0 Å². The van der Waals surface area contributed by atoms with Crippen LogP contribution in [0.25, 0.3) is 27.6 Å². The number of aromatic nitrogens is 1. The lowest BCUT2D eigenvalue weighted by Crippen LogP contribution is -2.61. The molecule has 9 N–H and O–H groups in total. The van der Waals surface area contributed by atoms with Gasteiger partial charge in [-0.15, -0.1) is 11.6 Å². The number of amides is 3. The Bertz CT molecular complexity index is 2010. The van der Waals surface area contributed by atoms with Crippen LogP contribution in [0, 0.1) is 0 Å². The summed E-state index contributed by atoms with van der Waals surface area (Å²) in [5, 5.41) is 36.0. The second-order valence-corrected chi connectivity index (χ2v) is 13.7. The number of carbonyl (C=O) groups excluding carboxylic acids is 3. The molecule has 1 aliphatic heterocycles. The van der Waals surface area contributed by atoms with E-state index in [0.29, 0.717) is 33.5 Å². The predicted octanol–water partition coefficient (Wildman–Crippen LogP) is 2.13. The summed E-state index contributed by atoms with van der Waals surface area (Å²) in [5.74, 6) is -4.05. The van der Waals surface area contributed by atoms with E-state index in [4.69, 9.17) is 27.8 Å². The Morgan fingerprint density at radius 3 is 2.45 bits per heavy atom. The molecule has 0 spiro atoms. The van der Waals surface area contributed by atoms with E-state index in [1.165, 1.54) is 33.9 Å². The van der Waals surface area contributed by atoms with Crippen molar-refractivity contribution in [3.63, 3.8) is 0 Å². The van der Waals surface area contributed by atoms with E-state index in [-0.39, 0.29) is 30.1 Å². The molecule has 5 unspecified atom stereocenters. The third kappa shape index (κ3) is 8.76. The molecule has 16 heteroatoms. The number of hydrogen-bond acceptors (Lipinski definition) is 9. The summed E-state index contributed by atoms with van der Waals surface area (Å²) in [6.07, 6.45) is 0.0247. The van der Waals surface area contributed by atoms with E-state index in [1.807, 2.05) is 31.2 Å². The summed E-state index contributed by atoms with van der Waals surface area (Å²) in [5.41, 5.74) is 12.3. The average Bonchev–Trinajstić information content (AvgIpc) is 3.44. The largest absolute Gasteiger partial charge is 0.496 e. The van der Waals surface area contributed by atoms with E-state index in [2.05, 4.69) is 27.2 Å². The number of carboxylic acid groups (broad SMARTS) is 1. The average molecular weight is 750 g/mol. The third-order valence-electron chi connectivity index (χ3n) is 8.92. The van der Waals surface area contributed by atoms with Crippen LogP contribution in [0.2, 0.25) is 0 Å². The van der Waals surface area contributed by atoms with Crippen molar-refractivity contribution in [1.82, 2.24) is 20.5 Å². The van der Waals surface area contributed by atoms with Crippen molar-refractivity contribution in [3.05, 3.63) is 77.6 Å². The first kappa shape index (κ1) is 40.3. The van der Waals surface area contributed by atoms with E-state index >= 15 is 0 Å². The highest BCUT2D eigenvalue weighted by Gasteiger charge is 2.52. The Morgan fingerprint density at radius 1 is 1.17 bits per heavy atom. The van der Waals surface area contributed by atoms with Crippen molar-refractivity contribution in [2.75, 3.05) is 20.2 Å². The maximum atomic E-state index is 14.4. The summed E-state index contributed by atoms with van der Waals surface area (Å²) >= 11 is 6.70. The lowest BCUT2D eigenvalue weighted by atomic mass is 9.91. The molecule has 1 aliphatic rings. The fourth-order valence-electron chi connectivity index (χ4n) is 6.20. The third-order valence-corrected chi connectivity index (χ3v) is 9.46. The molecule has 1 aromatic heterocycles. The number of benzene rings is 2. The molecule has 4 rings (SSSR count).